The molecule has 2 aromatic rings. The Balaban J connectivity index is 1.70. The highest BCUT2D eigenvalue weighted by Gasteiger charge is 2.26. The number of ether oxygens (including phenoxy) is 1. The summed E-state index contributed by atoms with van der Waals surface area (Å²) >= 11 is 1.31. The van der Waals surface area contributed by atoms with Crippen LogP contribution in [0.4, 0.5) is 9.93 Å². The van der Waals surface area contributed by atoms with E-state index in [1.165, 1.54) is 54.1 Å². The van der Waals surface area contributed by atoms with Gasteiger partial charge in [0.1, 0.15) is 0 Å². The normalized spacial score (nSPS) is 14.0. The Morgan fingerprint density at radius 1 is 1.27 bits per heavy atom. The average molecular weight is 453 g/mol. The number of nitrogens with zero attached hydrogens (tertiary/aromatic N) is 3. The third-order valence-electron chi connectivity index (χ3n) is 4.91. The Hall–Kier alpha value is -2.50. The number of aromatic nitrogens is 1. The van der Waals surface area contributed by atoms with Crippen LogP contribution in [0, 0.1) is 0 Å². The average Bonchev–Trinajstić information content (AvgIpc) is 3.13. The minimum absolute atomic E-state index is 0.128. The fraction of sp³-hybridized carbons (Fsp3) is 0.421. The highest BCUT2D eigenvalue weighted by molar-refractivity contribution is 7.89. The molecule has 2 amide bonds. The number of amides is 2. The molecule has 11 heteroatoms. The maximum absolute atomic E-state index is 12.6. The molecule has 1 aliphatic heterocycles. The quantitative estimate of drug-likeness (QED) is 0.747. The van der Waals surface area contributed by atoms with Gasteiger partial charge in [-0.25, -0.2) is 18.2 Å². The monoisotopic (exact) mass is 452 g/mol. The first-order valence-electron chi connectivity index (χ1n) is 9.34. The van der Waals surface area contributed by atoms with Gasteiger partial charge >= 0.3 is 6.09 Å². The second kappa shape index (κ2) is 8.70. The second-order valence-corrected chi connectivity index (χ2v) is 10.2. The van der Waals surface area contributed by atoms with E-state index >= 15 is 0 Å². The van der Waals surface area contributed by atoms with Crippen molar-refractivity contribution in [2.75, 3.05) is 26.0 Å². The molecular formula is C19H24N4O5S2. The van der Waals surface area contributed by atoms with Crippen molar-refractivity contribution in [1.82, 2.24) is 14.2 Å². The molecule has 2 heterocycles. The number of sulfonamides is 1. The zero-order chi connectivity index (χ0) is 22.1. The summed E-state index contributed by atoms with van der Waals surface area (Å²) in [5.41, 5.74) is 1.18. The molecule has 1 aromatic heterocycles. The summed E-state index contributed by atoms with van der Waals surface area (Å²) in [6.07, 6.45) is 0.199. The van der Waals surface area contributed by atoms with Crippen molar-refractivity contribution in [3.05, 3.63) is 40.4 Å². The molecule has 0 saturated heterocycles. The van der Waals surface area contributed by atoms with E-state index in [0.717, 1.165) is 10.6 Å². The molecule has 0 radical (unpaired) electrons. The Labute approximate surface area is 179 Å². The van der Waals surface area contributed by atoms with Crippen LogP contribution < -0.4 is 5.32 Å². The minimum atomic E-state index is -3.61. The summed E-state index contributed by atoms with van der Waals surface area (Å²) in [4.78, 5) is 31.3. The molecule has 0 unspecified atom stereocenters. The van der Waals surface area contributed by atoms with Crippen molar-refractivity contribution < 1.29 is 22.7 Å². The van der Waals surface area contributed by atoms with Crippen molar-refractivity contribution >= 4 is 38.5 Å². The number of carbonyl (C=O) groups is 2. The SMILES string of the molecule is COC(=O)N1CCc2nc(NC(=O)c3ccc(S(=O)(=O)N(C)C(C)C)cc3)sc2C1. The van der Waals surface area contributed by atoms with Crippen LogP contribution in [-0.4, -0.2) is 61.4 Å². The lowest BCUT2D eigenvalue weighted by Gasteiger charge is -2.24. The molecule has 1 aromatic carbocycles. The number of rotatable bonds is 5. The predicted octanol–water partition coefficient (Wildman–Crippen LogP) is 2.55. The van der Waals surface area contributed by atoms with Gasteiger partial charge in [-0.2, -0.15) is 4.31 Å². The van der Waals surface area contributed by atoms with Crippen molar-refractivity contribution in [3.63, 3.8) is 0 Å². The number of anilines is 1. The zero-order valence-electron chi connectivity index (χ0n) is 17.2. The smallest absolute Gasteiger partial charge is 0.409 e. The van der Waals surface area contributed by atoms with Gasteiger partial charge in [0.15, 0.2) is 5.13 Å². The van der Waals surface area contributed by atoms with E-state index in [4.69, 9.17) is 4.74 Å². The van der Waals surface area contributed by atoms with Crippen molar-refractivity contribution in [2.45, 2.75) is 37.8 Å². The van der Waals surface area contributed by atoms with E-state index in [9.17, 15) is 18.0 Å². The molecule has 1 N–H and O–H groups in total. The van der Waals surface area contributed by atoms with Gasteiger partial charge in [0.2, 0.25) is 10.0 Å². The zero-order valence-corrected chi connectivity index (χ0v) is 18.8. The van der Waals surface area contributed by atoms with Crippen LogP contribution in [0.1, 0.15) is 34.8 Å². The molecule has 9 nitrogen and oxygen atoms in total. The number of carbonyl (C=O) groups excluding carboxylic acids is 2. The van der Waals surface area contributed by atoms with Crippen LogP contribution in [0.15, 0.2) is 29.2 Å². The molecule has 0 saturated carbocycles. The fourth-order valence-corrected chi connectivity index (χ4v) is 5.31. The maximum atomic E-state index is 12.6. The van der Waals surface area contributed by atoms with Gasteiger partial charge in [-0.1, -0.05) is 11.3 Å². The lowest BCUT2D eigenvalue weighted by Crippen LogP contribution is -2.35. The fourth-order valence-electron chi connectivity index (χ4n) is 2.93. The molecule has 30 heavy (non-hydrogen) atoms. The molecule has 1 aliphatic rings. The largest absolute Gasteiger partial charge is 0.453 e. The summed E-state index contributed by atoms with van der Waals surface area (Å²) < 4.78 is 31.1. The lowest BCUT2D eigenvalue weighted by atomic mass is 10.2. The number of methoxy groups -OCH3 is 1. The van der Waals surface area contributed by atoms with Gasteiger partial charge in [0.05, 0.1) is 24.2 Å². The highest BCUT2D eigenvalue weighted by Crippen LogP contribution is 2.29. The highest BCUT2D eigenvalue weighted by atomic mass is 32.2. The Morgan fingerprint density at radius 2 is 1.93 bits per heavy atom. The van der Waals surface area contributed by atoms with Crippen LogP contribution in [-0.2, 0) is 27.7 Å². The van der Waals surface area contributed by atoms with Crippen molar-refractivity contribution in [3.8, 4) is 0 Å². The summed E-state index contributed by atoms with van der Waals surface area (Å²) in [7, 11) is -0.746. The van der Waals surface area contributed by atoms with Gasteiger partial charge in [0, 0.05) is 36.5 Å². The number of benzene rings is 1. The third-order valence-corrected chi connectivity index (χ3v) is 7.95. The maximum Gasteiger partial charge on any atom is 0.409 e. The first-order chi connectivity index (χ1) is 14.1. The molecule has 0 atom stereocenters. The van der Waals surface area contributed by atoms with E-state index in [0.29, 0.717) is 30.2 Å². The minimum Gasteiger partial charge on any atom is -0.453 e. The van der Waals surface area contributed by atoms with Gasteiger partial charge in [0.25, 0.3) is 5.91 Å². The molecule has 0 fully saturated rings. The van der Waals surface area contributed by atoms with Crippen LogP contribution in [0.3, 0.4) is 0 Å². The summed E-state index contributed by atoms with van der Waals surface area (Å²) in [5, 5.41) is 3.18. The van der Waals surface area contributed by atoms with E-state index in [1.54, 1.807) is 18.7 Å². The standard InChI is InChI=1S/C19H24N4O5S2/c1-12(2)22(3)30(26,27)14-7-5-13(6-8-14)17(24)21-18-20-15-9-10-23(19(25)28-4)11-16(15)29-18/h5-8,12H,9-11H2,1-4H3,(H,20,21,24). The van der Waals surface area contributed by atoms with E-state index in [2.05, 4.69) is 10.3 Å². The second-order valence-electron chi connectivity index (χ2n) is 7.12. The van der Waals surface area contributed by atoms with Crippen LogP contribution in [0.2, 0.25) is 0 Å². The van der Waals surface area contributed by atoms with Gasteiger partial charge in [-0.3, -0.25) is 10.1 Å². The number of hydrogen-bond acceptors (Lipinski definition) is 7. The summed E-state index contributed by atoms with van der Waals surface area (Å²) in [6.45, 7) is 4.48. The van der Waals surface area contributed by atoms with Gasteiger partial charge in [-0.05, 0) is 38.1 Å². The molecule has 162 valence electrons. The molecule has 0 aliphatic carbocycles. The van der Waals surface area contributed by atoms with Crippen LogP contribution in [0.5, 0.6) is 0 Å². The van der Waals surface area contributed by atoms with Crippen LogP contribution >= 0.6 is 11.3 Å². The van der Waals surface area contributed by atoms with Crippen molar-refractivity contribution in [1.29, 1.82) is 0 Å². The third kappa shape index (κ3) is 4.47. The first kappa shape index (κ1) is 22.2. The van der Waals surface area contributed by atoms with Gasteiger partial charge in [-0.15, -0.1) is 0 Å². The molecule has 3 rings (SSSR count). The number of thiazole rings is 1. The molecular weight excluding hydrogens is 428 g/mol. The summed E-state index contributed by atoms with van der Waals surface area (Å²) in [5.74, 6) is -0.382. The van der Waals surface area contributed by atoms with Gasteiger partial charge < -0.3 is 9.64 Å². The number of fused-ring (bicyclic) bond motifs is 1. The van der Waals surface area contributed by atoms with E-state index in [-0.39, 0.29) is 16.8 Å². The Bertz CT molecular complexity index is 1050. The lowest BCUT2D eigenvalue weighted by molar-refractivity contribution is 0.102. The number of hydrogen-bond donors (Lipinski definition) is 1. The molecule has 0 bridgehead atoms. The topological polar surface area (TPSA) is 109 Å². The van der Waals surface area contributed by atoms with E-state index in [1.807, 2.05) is 0 Å². The Kier molecular flexibility index (Phi) is 6.44. The first-order valence-corrected chi connectivity index (χ1v) is 11.6. The van der Waals surface area contributed by atoms with Crippen LogP contribution in [0.25, 0.3) is 0 Å². The van der Waals surface area contributed by atoms with Crippen molar-refractivity contribution in [2.24, 2.45) is 0 Å². The van der Waals surface area contributed by atoms with E-state index < -0.39 is 16.1 Å². The summed E-state index contributed by atoms with van der Waals surface area (Å²) in [6, 6.07) is 5.62. The Morgan fingerprint density at radius 3 is 2.53 bits per heavy atom. The molecule has 0 spiro atoms. The number of nitrogens with one attached hydrogen (secondary N) is 1. The predicted molar refractivity (Wildman–Crippen MR) is 113 cm³/mol.